The quantitative estimate of drug-likeness (QED) is 0.571. The maximum absolute atomic E-state index is 13.7. The molecule has 2 N–H and O–H groups in total. The number of hydrogen-bond acceptors (Lipinski definition) is 5. The molecular formula is C26H27N3O3. The summed E-state index contributed by atoms with van der Waals surface area (Å²) in [4.78, 5) is 19.8. The van der Waals surface area contributed by atoms with E-state index in [0.29, 0.717) is 18.0 Å². The lowest BCUT2D eigenvalue weighted by atomic mass is 9.65. The van der Waals surface area contributed by atoms with Crippen LogP contribution in [0.2, 0.25) is 0 Å². The number of hydrogen-bond donors (Lipinski definition) is 1. The number of fused-ring (bicyclic) bond motifs is 2. The summed E-state index contributed by atoms with van der Waals surface area (Å²) in [6.45, 7) is 2.45. The average Bonchev–Trinajstić information content (AvgIpc) is 3.02. The predicted molar refractivity (Wildman–Crippen MR) is 124 cm³/mol. The minimum atomic E-state index is -0.479. The van der Waals surface area contributed by atoms with Gasteiger partial charge in [0.1, 0.15) is 17.6 Å². The van der Waals surface area contributed by atoms with Crippen LogP contribution in [0.3, 0.4) is 0 Å². The van der Waals surface area contributed by atoms with Crippen molar-refractivity contribution in [1.29, 1.82) is 0 Å². The summed E-state index contributed by atoms with van der Waals surface area (Å²) in [5.41, 5.74) is 10.3. The van der Waals surface area contributed by atoms with Gasteiger partial charge in [-0.1, -0.05) is 24.6 Å². The van der Waals surface area contributed by atoms with E-state index in [0.717, 1.165) is 47.4 Å². The number of methoxy groups -OCH3 is 1. The second-order valence-corrected chi connectivity index (χ2v) is 8.64. The number of anilines is 2. The van der Waals surface area contributed by atoms with E-state index >= 15 is 0 Å². The Balaban J connectivity index is 1.55. The van der Waals surface area contributed by atoms with Gasteiger partial charge in [-0.25, -0.2) is 0 Å². The molecule has 6 nitrogen and oxygen atoms in total. The zero-order valence-electron chi connectivity index (χ0n) is 18.4. The maximum Gasteiger partial charge on any atom is 0.238 e. The second-order valence-electron chi connectivity index (χ2n) is 8.64. The van der Waals surface area contributed by atoms with E-state index in [1.165, 1.54) is 0 Å². The van der Waals surface area contributed by atoms with Gasteiger partial charge in [0.2, 0.25) is 5.91 Å². The third-order valence-corrected chi connectivity index (χ3v) is 6.70. The molecule has 1 spiro atoms. The first-order valence-corrected chi connectivity index (χ1v) is 11.0. The molecule has 2 aliphatic rings. The number of ether oxygens (including phenoxy) is 2. The molecule has 0 radical (unpaired) electrons. The molecule has 5 rings (SSSR count). The van der Waals surface area contributed by atoms with Crippen molar-refractivity contribution in [2.24, 2.45) is 0 Å². The Morgan fingerprint density at radius 2 is 1.97 bits per heavy atom. The third kappa shape index (κ3) is 3.27. The lowest BCUT2D eigenvalue weighted by Crippen LogP contribution is -2.44. The number of aromatic nitrogens is 1. The van der Waals surface area contributed by atoms with Crippen LogP contribution in [0.1, 0.15) is 49.0 Å². The van der Waals surface area contributed by atoms with Gasteiger partial charge >= 0.3 is 0 Å². The molecule has 1 fully saturated rings. The molecule has 1 unspecified atom stereocenters. The number of nitrogens with two attached hydrogens (primary N) is 1. The summed E-state index contributed by atoms with van der Waals surface area (Å²) in [6, 6.07) is 15.5. The van der Waals surface area contributed by atoms with Crippen LogP contribution in [-0.4, -0.2) is 18.0 Å². The molecule has 0 saturated heterocycles. The fourth-order valence-corrected chi connectivity index (χ4v) is 4.79. The zero-order chi connectivity index (χ0) is 22.3. The molecule has 2 aromatic carbocycles. The topological polar surface area (TPSA) is 77.7 Å². The molecule has 1 aromatic heterocycles. The van der Waals surface area contributed by atoms with Gasteiger partial charge in [-0.15, -0.1) is 0 Å². The van der Waals surface area contributed by atoms with E-state index in [4.69, 9.17) is 15.2 Å². The van der Waals surface area contributed by atoms with Gasteiger partial charge in [-0.3, -0.25) is 9.78 Å². The van der Waals surface area contributed by atoms with Gasteiger partial charge in [0.25, 0.3) is 0 Å². The van der Waals surface area contributed by atoms with Gasteiger partial charge < -0.3 is 20.1 Å². The van der Waals surface area contributed by atoms with Crippen molar-refractivity contribution in [1.82, 2.24) is 4.98 Å². The van der Waals surface area contributed by atoms with Crippen LogP contribution in [0.5, 0.6) is 11.5 Å². The van der Waals surface area contributed by atoms with Crippen LogP contribution >= 0.6 is 0 Å². The standard InChI is InChI=1S/C26H27N3O3/c1-17(19-5-3-12-28-15-19)32-23-14-20(27)13-22-24(23)29(25(30)26(22)10-4-11-26)16-18-6-8-21(31-2)9-7-18/h3,5-9,12-15,17H,4,10-11,16,27H2,1-2H3. The Hall–Kier alpha value is -3.54. The number of carbonyl (C=O) groups is 1. The van der Waals surface area contributed by atoms with Crippen molar-refractivity contribution in [3.8, 4) is 11.5 Å². The summed E-state index contributed by atoms with van der Waals surface area (Å²) in [5.74, 6) is 1.57. The smallest absolute Gasteiger partial charge is 0.238 e. The number of amides is 1. The first kappa shape index (κ1) is 20.4. The summed E-state index contributed by atoms with van der Waals surface area (Å²) in [7, 11) is 1.65. The van der Waals surface area contributed by atoms with Crippen molar-refractivity contribution < 1.29 is 14.3 Å². The predicted octanol–water partition coefficient (Wildman–Crippen LogP) is 4.78. The highest BCUT2D eigenvalue weighted by Gasteiger charge is 2.55. The highest BCUT2D eigenvalue weighted by atomic mass is 16.5. The lowest BCUT2D eigenvalue weighted by molar-refractivity contribution is -0.126. The monoisotopic (exact) mass is 429 g/mol. The maximum atomic E-state index is 13.7. The van der Waals surface area contributed by atoms with Crippen molar-refractivity contribution in [2.45, 2.75) is 44.2 Å². The second kappa shape index (κ2) is 7.86. The highest BCUT2D eigenvalue weighted by molar-refractivity contribution is 6.10. The molecular weight excluding hydrogens is 402 g/mol. The van der Waals surface area contributed by atoms with E-state index in [2.05, 4.69) is 4.98 Å². The van der Waals surface area contributed by atoms with Crippen molar-refractivity contribution in [3.63, 3.8) is 0 Å². The number of carbonyl (C=O) groups excluding carboxylic acids is 1. The number of benzene rings is 2. The van der Waals surface area contributed by atoms with Gasteiger partial charge in [-0.05, 0) is 55.2 Å². The Labute approximate surface area is 188 Å². The lowest BCUT2D eigenvalue weighted by Gasteiger charge is -2.37. The number of nitrogen functional groups attached to an aromatic ring is 1. The zero-order valence-corrected chi connectivity index (χ0v) is 18.4. The van der Waals surface area contributed by atoms with Gasteiger partial charge in [0.05, 0.1) is 24.8 Å². The molecule has 6 heteroatoms. The largest absolute Gasteiger partial charge is 0.497 e. The van der Waals surface area contributed by atoms with E-state index in [1.54, 1.807) is 19.5 Å². The van der Waals surface area contributed by atoms with E-state index in [-0.39, 0.29) is 12.0 Å². The molecule has 0 bridgehead atoms. The normalized spacial score (nSPS) is 17.1. The fourth-order valence-electron chi connectivity index (χ4n) is 4.79. The van der Waals surface area contributed by atoms with Crippen LogP contribution in [0, 0.1) is 0 Å². The van der Waals surface area contributed by atoms with Crippen LogP contribution in [0.4, 0.5) is 11.4 Å². The van der Waals surface area contributed by atoms with Crippen LogP contribution in [0.25, 0.3) is 0 Å². The summed E-state index contributed by atoms with van der Waals surface area (Å²) < 4.78 is 11.7. The van der Waals surface area contributed by atoms with Gasteiger partial charge in [0.15, 0.2) is 0 Å². The molecule has 164 valence electrons. The van der Waals surface area contributed by atoms with Crippen molar-refractivity contribution >= 4 is 17.3 Å². The number of pyridine rings is 1. The Bertz CT molecular complexity index is 1140. The fraction of sp³-hybridized carbons (Fsp3) is 0.308. The van der Waals surface area contributed by atoms with E-state index in [9.17, 15) is 4.79 Å². The first-order valence-electron chi connectivity index (χ1n) is 11.0. The minimum Gasteiger partial charge on any atom is -0.497 e. The molecule has 3 aromatic rings. The van der Waals surface area contributed by atoms with E-state index in [1.807, 2.05) is 60.4 Å². The first-order chi connectivity index (χ1) is 15.5. The van der Waals surface area contributed by atoms with Gasteiger partial charge in [0, 0.05) is 29.7 Å². The summed E-state index contributed by atoms with van der Waals surface area (Å²) in [5, 5.41) is 0. The Morgan fingerprint density at radius 1 is 1.19 bits per heavy atom. The molecule has 1 atom stereocenters. The summed E-state index contributed by atoms with van der Waals surface area (Å²) >= 11 is 0. The molecule has 32 heavy (non-hydrogen) atoms. The van der Waals surface area contributed by atoms with Crippen LogP contribution in [0.15, 0.2) is 60.9 Å². The molecule has 2 heterocycles. The number of nitrogens with zero attached hydrogens (tertiary/aromatic N) is 2. The van der Waals surface area contributed by atoms with Crippen LogP contribution < -0.4 is 20.1 Å². The minimum absolute atomic E-state index is 0.138. The highest BCUT2D eigenvalue weighted by Crippen LogP contribution is 2.57. The van der Waals surface area contributed by atoms with Crippen molar-refractivity contribution in [3.05, 3.63) is 77.6 Å². The van der Waals surface area contributed by atoms with E-state index < -0.39 is 5.41 Å². The van der Waals surface area contributed by atoms with Crippen LogP contribution in [-0.2, 0) is 16.8 Å². The van der Waals surface area contributed by atoms with Crippen molar-refractivity contribution in [2.75, 3.05) is 17.7 Å². The molecule has 1 amide bonds. The third-order valence-electron chi connectivity index (χ3n) is 6.70. The summed E-state index contributed by atoms with van der Waals surface area (Å²) in [6.07, 6.45) is 6.04. The molecule has 1 saturated carbocycles. The van der Waals surface area contributed by atoms with Gasteiger partial charge in [-0.2, -0.15) is 0 Å². The molecule has 1 aliphatic heterocycles. The Kier molecular flexibility index (Phi) is 5.00. The average molecular weight is 430 g/mol. The Morgan fingerprint density at radius 3 is 2.59 bits per heavy atom. The SMILES string of the molecule is COc1ccc(CN2C(=O)C3(CCC3)c3cc(N)cc(OC(C)c4cccnc4)c32)cc1. The number of rotatable bonds is 6. The molecule has 1 aliphatic carbocycles.